The molecule has 4 aliphatic rings. The van der Waals surface area contributed by atoms with Crippen LogP contribution in [0.3, 0.4) is 0 Å². The first-order valence-corrected chi connectivity index (χ1v) is 13.6. The molecule has 6 unspecified atom stereocenters. The molecule has 212 valence electrons. The van der Waals surface area contributed by atoms with Gasteiger partial charge in [-0.2, -0.15) is 0 Å². The van der Waals surface area contributed by atoms with Crippen molar-refractivity contribution in [3.8, 4) is 5.75 Å². The van der Waals surface area contributed by atoms with Crippen LogP contribution >= 0.6 is 11.6 Å². The Labute approximate surface area is 232 Å². The summed E-state index contributed by atoms with van der Waals surface area (Å²) >= 11 is 6.60. The van der Waals surface area contributed by atoms with Gasteiger partial charge in [0.1, 0.15) is 22.4 Å². The maximum Gasteiger partial charge on any atom is 0.228 e. The molecule has 0 radical (unpaired) electrons. The van der Waals surface area contributed by atoms with Gasteiger partial charge in [0.15, 0.2) is 23.1 Å². The minimum Gasteiger partial charge on any atom is -0.504 e. The average molecular weight is 562 g/mol. The molecule has 1 aromatic rings. The maximum absolute atomic E-state index is 14.2. The zero-order valence-electron chi connectivity index (χ0n) is 22.9. The lowest BCUT2D eigenvalue weighted by Gasteiger charge is -2.63. The van der Waals surface area contributed by atoms with E-state index in [0.717, 1.165) is 13.0 Å². The zero-order valence-corrected chi connectivity index (χ0v) is 23.7. The van der Waals surface area contributed by atoms with Gasteiger partial charge in [-0.15, -0.1) is 0 Å². The summed E-state index contributed by atoms with van der Waals surface area (Å²) in [5, 5.41) is 14.4. The van der Waals surface area contributed by atoms with Gasteiger partial charge in [-0.05, 0) is 59.9 Å². The molecule has 1 aliphatic heterocycles. The molecule has 6 atom stereocenters. The van der Waals surface area contributed by atoms with E-state index in [1.54, 1.807) is 19.0 Å². The fourth-order valence-electron chi connectivity index (χ4n) is 7.24. The molecule has 0 aromatic carbocycles. The molecule has 0 bridgehead atoms. The number of ketones is 2. The van der Waals surface area contributed by atoms with Gasteiger partial charge < -0.3 is 30.5 Å². The number of fused-ring (bicyclic) bond motifs is 2. The van der Waals surface area contributed by atoms with Crippen molar-refractivity contribution in [3.05, 3.63) is 27.6 Å². The number of anilines is 1. The van der Waals surface area contributed by atoms with Crippen LogP contribution in [0.2, 0.25) is 5.15 Å². The van der Waals surface area contributed by atoms with E-state index >= 15 is 0 Å². The number of carbonyl (C=O) groups is 3. The molecule has 2 fully saturated rings. The van der Waals surface area contributed by atoms with Crippen LogP contribution in [0.4, 0.5) is 5.82 Å². The van der Waals surface area contributed by atoms with Crippen molar-refractivity contribution in [2.75, 3.05) is 60.3 Å². The highest BCUT2D eigenvalue weighted by Crippen LogP contribution is 2.61. The number of aromatic nitrogens is 1. The lowest BCUT2D eigenvalue weighted by molar-refractivity contribution is -0.267. The number of likely N-dealkylation sites (N-methyl/N-ethyl adjacent to an activating group) is 1. The number of halogens is 1. The van der Waals surface area contributed by atoms with E-state index in [1.807, 2.05) is 19.0 Å². The summed E-state index contributed by atoms with van der Waals surface area (Å²) in [5.41, 5.74) is 5.55. The number of nitrogens with two attached hydrogens (primary N) is 1. The molecule has 2 heterocycles. The van der Waals surface area contributed by atoms with Crippen molar-refractivity contribution in [3.63, 3.8) is 0 Å². The van der Waals surface area contributed by atoms with Gasteiger partial charge in [-0.3, -0.25) is 19.3 Å². The highest BCUT2D eigenvalue weighted by molar-refractivity contribution is 6.31. The summed E-state index contributed by atoms with van der Waals surface area (Å²) in [6.45, 7) is 1.53. The lowest BCUT2D eigenvalue weighted by Crippen LogP contribution is -2.75. The minimum atomic E-state index is -1.14. The Morgan fingerprint density at radius 1 is 1.28 bits per heavy atom. The number of pyridine rings is 1. The van der Waals surface area contributed by atoms with Crippen LogP contribution in [-0.2, 0) is 25.5 Å². The number of amides is 1. The molecule has 4 N–H and O–H groups in total. The Morgan fingerprint density at radius 2 is 2.00 bits per heavy atom. The van der Waals surface area contributed by atoms with Crippen molar-refractivity contribution in [1.82, 2.24) is 14.8 Å². The lowest BCUT2D eigenvalue weighted by atomic mass is 9.51. The van der Waals surface area contributed by atoms with Crippen LogP contribution in [0.25, 0.3) is 0 Å². The Kier molecular flexibility index (Phi) is 7.15. The van der Waals surface area contributed by atoms with E-state index in [9.17, 15) is 19.5 Å². The van der Waals surface area contributed by atoms with Crippen LogP contribution in [0.5, 0.6) is 5.75 Å². The quantitative estimate of drug-likeness (QED) is 0.239. The molecule has 3 aliphatic carbocycles. The number of methoxy groups -OCH3 is 1. The van der Waals surface area contributed by atoms with Crippen LogP contribution < -0.4 is 11.1 Å². The second kappa shape index (κ2) is 10.0. The van der Waals surface area contributed by atoms with Gasteiger partial charge in [0.05, 0.1) is 25.3 Å². The number of hydrogen-bond acceptors (Lipinski definition) is 10. The number of rotatable bonds is 8. The highest BCUT2D eigenvalue weighted by atomic mass is 35.5. The van der Waals surface area contributed by atoms with Crippen molar-refractivity contribution < 1.29 is 29.0 Å². The molecule has 12 heteroatoms. The van der Waals surface area contributed by atoms with Gasteiger partial charge >= 0.3 is 0 Å². The molecule has 5 rings (SSSR count). The standard InChI is InChI=1S/C27H36ClN5O6/c1-32(2)8-6-7-30-26-22(36)17-13(24(28)31-26)9-12-10-14-19(33(3)4)21(35)18(25(29)37)15-11-39-27(14,15)23(38-5)16(12)20(17)34/h12,14-15,18-19,36H,6-11H2,1-5H3,(H2,29,37)(H,30,31). The summed E-state index contributed by atoms with van der Waals surface area (Å²) in [6, 6.07) is -0.655. The van der Waals surface area contributed by atoms with E-state index in [-0.39, 0.29) is 46.5 Å². The van der Waals surface area contributed by atoms with E-state index in [0.29, 0.717) is 36.3 Å². The van der Waals surface area contributed by atoms with Gasteiger partial charge in [0.25, 0.3) is 0 Å². The van der Waals surface area contributed by atoms with Crippen LogP contribution in [0.15, 0.2) is 11.3 Å². The topological polar surface area (TPSA) is 147 Å². The van der Waals surface area contributed by atoms with Crippen LogP contribution in [-0.4, -0.2) is 104 Å². The van der Waals surface area contributed by atoms with E-state index < -0.39 is 35.2 Å². The Bertz CT molecular complexity index is 1270. The summed E-state index contributed by atoms with van der Waals surface area (Å²) < 4.78 is 12.2. The molecular weight excluding hydrogens is 526 g/mol. The van der Waals surface area contributed by atoms with Gasteiger partial charge in [0.2, 0.25) is 5.91 Å². The molecule has 1 aromatic heterocycles. The minimum absolute atomic E-state index is 0.0964. The number of allylic oxidation sites excluding steroid dienone is 1. The first-order chi connectivity index (χ1) is 18.4. The van der Waals surface area contributed by atoms with Gasteiger partial charge in [-0.1, -0.05) is 11.6 Å². The Morgan fingerprint density at radius 3 is 2.56 bits per heavy atom. The predicted molar refractivity (Wildman–Crippen MR) is 144 cm³/mol. The molecule has 39 heavy (non-hydrogen) atoms. The number of hydrogen-bond donors (Lipinski definition) is 3. The normalized spacial score (nSPS) is 31.3. The van der Waals surface area contributed by atoms with Crippen LogP contribution in [0, 0.1) is 23.7 Å². The largest absolute Gasteiger partial charge is 0.504 e. The first kappa shape index (κ1) is 27.8. The number of nitrogens with one attached hydrogen (secondary N) is 1. The second-order valence-electron chi connectivity index (χ2n) is 11.5. The first-order valence-electron chi connectivity index (χ1n) is 13.2. The summed E-state index contributed by atoms with van der Waals surface area (Å²) in [6.07, 6.45) is 1.58. The molecular formula is C27H36ClN5O6. The average Bonchev–Trinajstić information content (AvgIpc) is 2.84. The molecule has 1 saturated heterocycles. The van der Waals surface area contributed by atoms with Gasteiger partial charge in [0, 0.05) is 29.5 Å². The second-order valence-corrected chi connectivity index (χ2v) is 11.8. The fourth-order valence-corrected chi connectivity index (χ4v) is 7.50. The van der Waals surface area contributed by atoms with Crippen molar-refractivity contribution in [2.24, 2.45) is 29.4 Å². The predicted octanol–water partition coefficient (Wildman–Crippen LogP) is 1.08. The van der Waals surface area contributed by atoms with Gasteiger partial charge in [-0.25, -0.2) is 4.98 Å². The number of primary amides is 1. The highest BCUT2D eigenvalue weighted by Gasteiger charge is 2.71. The Hall–Kier alpha value is -2.73. The fraction of sp³-hybridized carbons (Fsp3) is 0.630. The molecule has 1 spiro atoms. The van der Waals surface area contributed by atoms with Crippen LogP contribution in [0.1, 0.15) is 28.8 Å². The number of aromatic hydroxyl groups is 1. The number of nitrogens with zero attached hydrogens (tertiary/aromatic N) is 3. The third-order valence-electron chi connectivity index (χ3n) is 8.82. The SMILES string of the molecule is COC1=C2C(=O)c3c(O)c(NCCCN(C)C)nc(Cl)c3CC2CC2C(N(C)C)C(=O)C(C(N)=O)C3COC132. The number of Topliss-reactive ketones (excluding diaryl/α,β-unsaturated/α-hetero) is 2. The summed E-state index contributed by atoms with van der Waals surface area (Å²) in [7, 11) is 8.98. The molecule has 11 nitrogen and oxygen atoms in total. The monoisotopic (exact) mass is 561 g/mol. The van der Waals surface area contributed by atoms with E-state index in [2.05, 4.69) is 10.3 Å². The van der Waals surface area contributed by atoms with Crippen molar-refractivity contribution in [1.29, 1.82) is 0 Å². The van der Waals surface area contributed by atoms with Crippen molar-refractivity contribution in [2.45, 2.75) is 30.9 Å². The summed E-state index contributed by atoms with van der Waals surface area (Å²) in [4.78, 5) is 48.4. The third-order valence-corrected chi connectivity index (χ3v) is 9.13. The Balaban J connectivity index is 1.61. The summed E-state index contributed by atoms with van der Waals surface area (Å²) in [5.74, 6) is -3.43. The number of carbonyl (C=O) groups excluding carboxylic acids is 3. The van der Waals surface area contributed by atoms with Crippen molar-refractivity contribution >= 4 is 34.9 Å². The number of ether oxygens (including phenoxy) is 2. The zero-order chi connectivity index (χ0) is 28.4. The maximum atomic E-state index is 14.2. The molecule has 1 saturated carbocycles. The van der Waals surface area contributed by atoms with E-state index in [1.165, 1.54) is 7.11 Å². The molecule has 1 amide bonds. The van der Waals surface area contributed by atoms with E-state index in [4.69, 9.17) is 26.8 Å². The third kappa shape index (κ3) is 4.04. The smallest absolute Gasteiger partial charge is 0.228 e.